The van der Waals surface area contributed by atoms with Gasteiger partial charge in [0, 0.05) is 19.0 Å². The van der Waals surface area contributed by atoms with Crippen LogP contribution in [-0.2, 0) is 9.59 Å². The molecule has 1 heterocycles. The Morgan fingerprint density at radius 2 is 2.16 bits per heavy atom. The zero-order valence-corrected chi connectivity index (χ0v) is 14.6. The summed E-state index contributed by atoms with van der Waals surface area (Å²) in [5.41, 5.74) is -1.47. The van der Waals surface area contributed by atoms with E-state index in [1.165, 1.54) is 30.2 Å². The predicted molar refractivity (Wildman–Crippen MR) is 95.8 cm³/mol. The first-order valence-corrected chi connectivity index (χ1v) is 8.09. The zero-order chi connectivity index (χ0) is 18.2. The van der Waals surface area contributed by atoms with E-state index in [0.29, 0.717) is 5.69 Å². The molecule has 0 radical (unpaired) electrons. The second-order valence-corrected chi connectivity index (χ2v) is 6.37. The number of anilines is 1. The molecule has 0 spiro atoms. The molecule has 1 atom stereocenters. The average Bonchev–Trinajstić information content (AvgIpc) is 2.71. The molecule has 5 nitrogen and oxygen atoms in total. The molecular weight excluding hydrogens is 368 g/mol. The molecule has 1 aliphatic carbocycles. The monoisotopic (exact) mass is 379 g/mol. The summed E-state index contributed by atoms with van der Waals surface area (Å²) in [7, 11) is 1.52. The maximum atomic E-state index is 15.6. The van der Waals surface area contributed by atoms with Crippen molar-refractivity contribution in [2.45, 2.75) is 12.1 Å². The van der Waals surface area contributed by atoms with Gasteiger partial charge in [0.05, 0.1) is 21.4 Å². The van der Waals surface area contributed by atoms with Crippen LogP contribution >= 0.6 is 23.2 Å². The number of halogens is 3. The third-order valence-electron chi connectivity index (χ3n) is 4.09. The van der Waals surface area contributed by atoms with Crippen molar-refractivity contribution in [3.05, 3.63) is 46.0 Å². The maximum Gasteiger partial charge on any atom is 0.248 e. The topological polar surface area (TPSA) is 62.1 Å². The van der Waals surface area contributed by atoms with E-state index in [4.69, 9.17) is 23.2 Å². The quantitative estimate of drug-likeness (QED) is 0.576. The second-order valence-electron chi connectivity index (χ2n) is 5.59. The highest BCUT2D eigenvalue weighted by molar-refractivity contribution is 6.43. The van der Waals surface area contributed by atoms with Crippen molar-refractivity contribution >= 4 is 52.3 Å². The van der Waals surface area contributed by atoms with Crippen molar-refractivity contribution in [2.75, 3.05) is 18.5 Å². The summed E-state index contributed by atoms with van der Waals surface area (Å²) in [6, 6.07) is 1.42. The Bertz CT molecular complexity index is 904. The van der Waals surface area contributed by atoms with E-state index >= 15 is 4.39 Å². The molecule has 25 heavy (non-hydrogen) atoms. The normalized spacial score (nSPS) is 22.2. The Hall–Kier alpha value is -2.27. The molecule has 3 rings (SSSR count). The first kappa shape index (κ1) is 17.5. The molecule has 1 aliphatic heterocycles. The molecule has 1 aromatic carbocycles. The number of likely N-dealkylation sites (N-methyl/N-ethyl adjacent to an activating group) is 1. The molecule has 1 aromatic rings. The smallest absolute Gasteiger partial charge is 0.248 e. The van der Waals surface area contributed by atoms with Crippen LogP contribution in [0.15, 0.2) is 40.4 Å². The molecule has 0 saturated carbocycles. The summed E-state index contributed by atoms with van der Waals surface area (Å²) in [6.45, 7) is -0.232. The third kappa shape index (κ3) is 2.93. The molecule has 0 N–H and O–H groups in total. The minimum Gasteiger partial charge on any atom is -0.313 e. The largest absolute Gasteiger partial charge is 0.313 e. The lowest BCUT2D eigenvalue weighted by Crippen LogP contribution is -2.33. The van der Waals surface area contributed by atoms with Crippen LogP contribution in [0.2, 0.25) is 10.0 Å². The fourth-order valence-corrected chi connectivity index (χ4v) is 3.43. The van der Waals surface area contributed by atoms with E-state index in [2.05, 4.69) is 9.98 Å². The number of nitrogens with zero attached hydrogens (tertiary/aromatic N) is 3. The molecule has 0 aromatic heterocycles. The van der Waals surface area contributed by atoms with Crippen LogP contribution in [0.1, 0.15) is 12.0 Å². The SMILES string of the molecule is CN1C(=O)CN=C(C2(F)C=CC=CC2)c2c1cc(Cl)c(N=C=O)c2Cl. The molecule has 1 amide bonds. The van der Waals surface area contributed by atoms with Crippen molar-refractivity contribution < 1.29 is 14.0 Å². The van der Waals surface area contributed by atoms with Crippen molar-refractivity contribution in [3.8, 4) is 0 Å². The lowest BCUT2D eigenvalue weighted by Gasteiger charge is -2.27. The summed E-state index contributed by atoms with van der Waals surface area (Å²) in [4.78, 5) is 31.9. The number of allylic oxidation sites excluding steroid dienone is 4. The molecule has 8 heteroatoms. The van der Waals surface area contributed by atoms with Gasteiger partial charge in [0.2, 0.25) is 12.0 Å². The van der Waals surface area contributed by atoms with Gasteiger partial charge in [0.25, 0.3) is 0 Å². The van der Waals surface area contributed by atoms with E-state index in [1.54, 1.807) is 18.2 Å². The van der Waals surface area contributed by atoms with Crippen molar-refractivity contribution in [1.82, 2.24) is 0 Å². The van der Waals surface area contributed by atoms with Gasteiger partial charge in [-0.25, -0.2) is 9.18 Å². The van der Waals surface area contributed by atoms with Gasteiger partial charge in [-0.15, -0.1) is 0 Å². The molecule has 1 unspecified atom stereocenters. The Labute approximate surface area is 153 Å². The van der Waals surface area contributed by atoms with Crippen molar-refractivity contribution in [2.24, 2.45) is 9.98 Å². The van der Waals surface area contributed by atoms with Crippen molar-refractivity contribution in [1.29, 1.82) is 0 Å². The highest BCUT2D eigenvalue weighted by Crippen LogP contribution is 2.45. The first-order chi connectivity index (χ1) is 11.9. The van der Waals surface area contributed by atoms with E-state index in [-0.39, 0.29) is 45.9 Å². The lowest BCUT2D eigenvalue weighted by molar-refractivity contribution is -0.116. The van der Waals surface area contributed by atoms with Gasteiger partial charge < -0.3 is 4.90 Å². The number of alkyl halides is 1. The summed E-state index contributed by atoms with van der Waals surface area (Å²) in [6.07, 6.45) is 7.73. The van der Waals surface area contributed by atoms with Crippen LogP contribution in [0.3, 0.4) is 0 Å². The van der Waals surface area contributed by atoms with Gasteiger partial charge in [-0.05, 0) is 12.1 Å². The van der Waals surface area contributed by atoms with E-state index in [1.807, 2.05) is 0 Å². The molecule has 128 valence electrons. The third-order valence-corrected chi connectivity index (χ3v) is 4.75. The summed E-state index contributed by atoms with van der Waals surface area (Å²) < 4.78 is 15.6. The number of hydrogen-bond donors (Lipinski definition) is 0. The number of amides is 1. The minimum absolute atomic E-state index is 0.00446. The maximum absolute atomic E-state index is 15.6. The Balaban J connectivity index is 2.34. The lowest BCUT2D eigenvalue weighted by atomic mass is 9.86. The average molecular weight is 380 g/mol. The zero-order valence-electron chi connectivity index (χ0n) is 13.1. The van der Waals surface area contributed by atoms with Crippen LogP contribution in [-0.4, -0.2) is 37.0 Å². The Morgan fingerprint density at radius 3 is 2.80 bits per heavy atom. The molecule has 0 bridgehead atoms. The van der Waals surface area contributed by atoms with E-state index in [9.17, 15) is 9.59 Å². The van der Waals surface area contributed by atoms with Crippen LogP contribution in [0.5, 0.6) is 0 Å². The van der Waals surface area contributed by atoms with Crippen molar-refractivity contribution in [3.63, 3.8) is 0 Å². The fourth-order valence-electron chi connectivity index (χ4n) is 2.81. The van der Waals surface area contributed by atoms with Gasteiger partial charge in [0.1, 0.15) is 12.2 Å². The summed E-state index contributed by atoms with van der Waals surface area (Å²) >= 11 is 12.5. The van der Waals surface area contributed by atoms with Crippen LogP contribution < -0.4 is 4.90 Å². The summed E-state index contributed by atoms with van der Waals surface area (Å²) in [5.74, 6) is -0.339. The molecule has 2 aliphatic rings. The van der Waals surface area contributed by atoms with Crippen LogP contribution in [0.25, 0.3) is 0 Å². The molecular formula is C17H12Cl2FN3O2. The number of isocyanates is 1. The number of fused-ring (bicyclic) bond motifs is 1. The number of carbonyl (C=O) groups is 1. The Kier molecular flexibility index (Phi) is 4.60. The highest BCUT2D eigenvalue weighted by atomic mass is 35.5. The number of rotatable bonds is 2. The number of aliphatic imine (C=N–C) groups is 2. The van der Waals surface area contributed by atoms with E-state index < -0.39 is 5.67 Å². The minimum atomic E-state index is -1.94. The van der Waals surface area contributed by atoms with Crippen LogP contribution in [0, 0.1) is 0 Å². The first-order valence-electron chi connectivity index (χ1n) is 7.34. The molecule has 0 saturated heterocycles. The summed E-state index contributed by atoms with van der Waals surface area (Å²) in [5, 5.41) is 0.00567. The highest BCUT2D eigenvalue weighted by Gasteiger charge is 2.39. The predicted octanol–water partition coefficient (Wildman–Crippen LogP) is 3.95. The number of benzene rings is 1. The van der Waals surface area contributed by atoms with Gasteiger partial charge >= 0.3 is 0 Å². The number of hydrogen-bond acceptors (Lipinski definition) is 4. The molecule has 0 fully saturated rings. The number of benzodiazepines with no additional fused rings is 1. The van der Waals surface area contributed by atoms with E-state index in [0.717, 1.165) is 0 Å². The van der Waals surface area contributed by atoms with Gasteiger partial charge in [-0.2, -0.15) is 4.99 Å². The van der Waals surface area contributed by atoms with Crippen LogP contribution in [0.4, 0.5) is 15.8 Å². The van der Waals surface area contributed by atoms with Gasteiger partial charge in [-0.3, -0.25) is 9.79 Å². The fraction of sp³-hybridized carbons (Fsp3) is 0.235. The standard InChI is InChI=1S/C17H12Cl2FN3O2/c1-23-11-7-10(18)15(22-9-24)14(19)13(11)16(21-8-12(23)25)17(20)5-3-2-4-6-17/h2-5,7H,6,8H2,1H3. The Morgan fingerprint density at radius 1 is 1.40 bits per heavy atom. The van der Waals surface area contributed by atoms with Gasteiger partial charge in [0.15, 0.2) is 5.67 Å². The second kappa shape index (κ2) is 6.56. The van der Waals surface area contributed by atoms with Gasteiger partial charge in [-0.1, -0.05) is 41.4 Å². The number of carbonyl (C=O) groups excluding carboxylic acids is 2.